The predicted molar refractivity (Wildman–Crippen MR) is 122 cm³/mol. The van der Waals surface area contributed by atoms with Gasteiger partial charge in [0.1, 0.15) is 11.6 Å². The summed E-state index contributed by atoms with van der Waals surface area (Å²) in [4.78, 5) is 25.3. The average molecular weight is 409 g/mol. The summed E-state index contributed by atoms with van der Waals surface area (Å²) >= 11 is 0. The van der Waals surface area contributed by atoms with E-state index < -0.39 is 23.5 Å². The van der Waals surface area contributed by atoms with E-state index in [1.54, 1.807) is 0 Å². The van der Waals surface area contributed by atoms with E-state index in [4.69, 9.17) is 4.74 Å². The Morgan fingerprint density at radius 3 is 2.10 bits per heavy atom. The molecule has 0 saturated heterocycles. The molecule has 4 nitrogen and oxygen atoms in total. The number of esters is 1. The van der Waals surface area contributed by atoms with Gasteiger partial charge in [0.15, 0.2) is 0 Å². The molecular formula is C26H34NO3. The van der Waals surface area contributed by atoms with Crippen LogP contribution in [0.2, 0.25) is 0 Å². The number of rotatable bonds is 8. The molecule has 3 atom stereocenters. The molecule has 0 aliphatic carbocycles. The molecule has 30 heavy (non-hydrogen) atoms. The van der Waals surface area contributed by atoms with Crippen molar-refractivity contribution in [3.8, 4) is 11.1 Å². The van der Waals surface area contributed by atoms with Crippen molar-refractivity contribution in [1.29, 1.82) is 0 Å². The van der Waals surface area contributed by atoms with Gasteiger partial charge in [0.05, 0.1) is 0 Å². The van der Waals surface area contributed by atoms with Gasteiger partial charge in [-0.3, -0.25) is 4.79 Å². The van der Waals surface area contributed by atoms with Crippen LogP contribution >= 0.6 is 0 Å². The van der Waals surface area contributed by atoms with Gasteiger partial charge < -0.3 is 10.1 Å². The first-order valence-corrected chi connectivity index (χ1v) is 10.6. The summed E-state index contributed by atoms with van der Waals surface area (Å²) in [7, 11) is 0. The molecule has 4 heteroatoms. The van der Waals surface area contributed by atoms with Gasteiger partial charge in [0.2, 0.25) is 5.91 Å². The van der Waals surface area contributed by atoms with E-state index in [0.29, 0.717) is 6.42 Å². The summed E-state index contributed by atoms with van der Waals surface area (Å²) < 4.78 is 5.50. The summed E-state index contributed by atoms with van der Waals surface area (Å²) in [5.74, 6) is -1.16. The smallest absolute Gasteiger partial charge is 0.329 e. The second kappa shape index (κ2) is 10.4. The van der Waals surface area contributed by atoms with Crippen molar-refractivity contribution >= 4 is 11.9 Å². The molecule has 0 spiro atoms. The second-order valence-electron chi connectivity index (χ2n) is 8.87. The monoisotopic (exact) mass is 408 g/mol. The van der Waals surface area contributed by atoms with Crippen LogP contribution in [0.4, 0.5) is 0 Å². The van der Waals surface area contributed by atoms with Gasteiger partial charge in [-0.2, -0.15) is 0 Å². The molecule has 0 aliphatic heterocycles. The van der Waals surface area contributed by atoms with Crippen molar-refractivity contribution in [2.45, 2.75) is 59.1 Å². The van der Waals surface area contributed by atoms with E-state index in [2.05, 4.69) is 36.5 Å². The van der Waals surface area contributed by atoms with Gasteiger partial charge >= 0.3 is 5.97 Å². The van der Waals surface area contributed by atoms with Crippen LogP contribution in [0.1, 0.15) is 46.6 Å². The third-order valence-electron chi connectivity index (χ3n) is 5.09. The van der Waals surface area contributed by atoms with Crippen LogP contribution in [0, 0.1) is 18.8 Å². The Morgan fingerprint density at radius 1 is 1.00 bits per heavy atom. The Kier molecular flexibility index (Phi) is 8.22. The van der Waals surface area contributed by atoms with Crippen LogP contribution in [0.3, 0.4) is 0 Å². The molecule has 0 heterocycles. The number of benzene rings is 2. The SMILES string of the molecule is [CH2][C@@H](Cc1ccc(-c2ccccc2)cc1)C(=O)N[C@H](C(=O)OC(C)(C)C)[C@H](C)CC. The van der Waals surface area contributed by atoms with Crippen molar-refractivity contribution in [2.75, 3.05) is 0 Å². The number of hydrogen-bond acceptors (Lipinski definition) is 3. The number of nitrogens with one attached hydrogen (secondary N) is 1. The lowest BCUT2D eigenvalue weighted by Crippen LogP contribution is -2.49. The van der Waals surface area contributed by atoms with Crippen molar-refractivity contribution in [3.05, 3.63) is 67.1 Å². The van der Waals surface area contributed by atoms with E-state index in [0.717, 1.165) is 23.1 Å². The highest BCUT2D eigenvalue weighted by Crippen LogP contribution is 2.21. The van der Waals surface area contributed by atoms with Gasteiger partial charge in [0, 0.05) is 5.92 Å². The largest absolute Gasteiger partial charge is 0.458 e. The molecule has 0 saturated carbocycles. The highest BCUT2D eigenvalue weighted by atomic mass is 16.6. The van der Waals surface area contributed by atoms with E-state index in [-0.39, 0.29) is 11.8 Å². The van der Waals surface area contributed by atoms with Crippen LogP contribution in [0.5, 0.6) is 0 Å². The molecule has 1 amide bonds. The maximum Gasteiger partial charge on any atom is 0.329 e. The Balaban J connectivity index is 2.02. The highest BCUT2D eigenvalue weighted by Gasteiger charge is 2.31. The fraction of sp³-hybridized carbons (Fsp3) is 0.423. The topological polar surface area (TPSA) is 55.4 Å². The number of amides is 1. The summed E-state index contributed by atoms with van der Waals surface area (Å²) in [6, 6.07) is 17.6. The lowest BCUT2D eigenvalue weighted by atomic mass is 9.95. The molecule has 0 fully saturated rings. The molecule has 2 aromatic carbocycles. The molecule has 161 valence electrons. The molecule has 0 aliphatic rings. The number of carbonyl (C=O) groups is 2. The molecule has 2 aromatic rings. The average Bonchev–Trinajstić information content (AvgIpc) is 2.71. The molecule has 1 radical (unpaired) electrons. The molecular weight excluding hydrogens is 374 g/mol. The molecule has 0 unspecified atom stereocenters. The summed E-state index contributed by atoms with van der Waals surface area (Å²) in [6.45, 7) is 13.4. The zero-order valence-corrected chi connectivity index (χ0v) is 18.8. The third-order valence-corrected chi connectivity index (χ3v) is 5.09. The van der Waals surface area contributed by atoms with Crippen molar-refractivity contribution in [1.82, 2.24) is 5.32 Å². The molecule has 2 rings (SSSR count). The van der Waals surface area contributed by atoms with Gasteiger partial charge in [-0.1, -0.05) is 74.9 Å². The third kappa shape index (κ3) is 7.01. The summed E-state index contributed by atoms with van der Waals surface area (Å²) in [5, 5.41) is 2.87. The first-order valence-electron chi connectivity index (χ1n) is 10.6. The summed E-state index contributed by atoms with van der Waals surface area (Å²) in [5.41, 5.74) is 2.72. The minimum absolute atomic E-state index is 0.0267. The normalized spacial score (nSPS) is 14.5. The number of ether oxygens (including phenoxy) is 1. The maximum absolute atomic E-state index is 12.8. The van der Waals surface area contributed by atoms with Crippen LogP contribution in [0.15, 0.2) is 54.6 Å². The van der Waals surface area contributed by atoms with Crippen molar-refractivity contribution in [2.24, 2.45) is 11.8 Å². The zero-order valence-electron chi connectivity index (χ0n) is 18.8. The Labute approximate surface area is 181 Å². The fourth-order valence-corrected chi connectivity index (χ4v) is 3.15. The van der Waals surface area contributed by atoms with E-state index in [1.165, 1.54) is 0 Å². The highest BCUT2D eigenvalue weighted by molar-refractivity contribution is 5.86. The zero-order chi connectivity index (χ0) is 22.3. The van der Waals surface area contributed by atoms with Crippen LogP contribution in [-0.2, 0) is 20.7 Å². The van der Waals surface area contributed by atoms with Crippen LogP contribution < -0.4 is 5.32 Å². The van der Waals surface area contributed by atoms with Crippen molar-refractivity contribution < 1.29 is 14.3 Å². The van der Waals surface area contributed by atoms with Crippen LogP contribution in [-0.4, -0.2) is 23.5 Å². The Bertz CT molecular complexity index is 822. The van der Waals surface area contributed by atoms with Gasteiger partial charge in [-0.15, -0.1) is 0 Å². The Hall–Kier alpha value is -2.62. The lowest BCUT2D eigenvalue weighted by molar-refractivity contribution is -0.160. The second-order valence-corrected chi connectivity index (χ2v) is 8.87. The maximum atomic E-state index is 12.8. The minimum Gasteiger partial charge on any atom is -0.458 e. The van der Waals surface area contributed by atoms with E-state index in [1.807, 2.05) is 65.0 Å². The van der Waals surface area contributed by atoms with Crippen molar-refractivity contribution in [3.63, 3.8) is 0 Å². The standard InChI is InChI=1S/C26H34NO3/c1-7-18(2)23(25(29)30-26(4,5)6)27-24(28)19(3)17-20-13-15-22(16-14-20)21-11-9-8-10-12-21/h8-16,18-19,23H,3,7,17H2,1-2,4-6H3,(H,27,28)/t18-,19+,23+/m1/s1. The van der Waals surface area contributed by atoms with Gasteiger partial charge in [-0.25, -0.2) is 4.79 Å². The van der Waals surface area contributed by atoms with Gasteiger partial charge in [0.25, 0.3) is 0 Å². The first-order chi connectivity index (χ1) is 14.1. The first kappa shape index (κ1) is 23.7. The summed E-state index contributed by atoms with van der Waals surface area (Å²) in [6.07, 6.45) is 1.26. The van der Waals surface area contributed by atoms with Gasteiger partial charge in [-0.05, 0) is 56.7 Å². The Morgan fingerprint density at radius 2 is 1.57 bits per heavy atom. The van der Waals surface area contributed by atoms with E-state index in [9.17, 15) is 9.59 Å². The quantitative estimate of drug-likeness (QED) is 0.609. The fourth-order valence-electron chi connectivity index (χ4n) is 3.15. The molecule has 1 N–H and O–H groups in total. The van der Waals surface area contributed by atoms with Crippen LogP contribution in [0.25, 0.3) is 11.1 Å². The molecule has 0 bridgehead atoms. The predicted octanol–water partition coefficient (Wildman–Crippen LogP) is 5.22. The van der Waals surface area contributed by atoms with E-state index >= 15 is 0 Å². The molecule has 0 aromatic heterocycles. The number of hydrogen-bond donors (Lipinski definition) is 1. The number of carbonyl (C=O) groups excluding carboxylic acids is 2. The minimum atomic E-state index is -0.675. The lowest BCUT2D eigenvalue weighted by Gasteiger charge is -2.28.